The molecule has 5 heteroatoms. The Morgan fingerprint density at radius 2 is 2.29 bits per heavy atom. The van der Waals surface area contributed by atoms with E-state index in [2.05, 4.69) is 15.3 Å². The number of rotatable bonds is 2. The molecule has 14 heavy (non-hydrogen) atoms. The maximum Gasteiger partial charge on any atom is 0.250 e. The fraction of sp³-hybridized carbons (Fsp3) is 0.222. The first kappa shape index (κ1) is 10.7. The third-order valence-electron chi connectivity index (χ3n) is 1.38. The smallest absolute Gasteiger partial charge is 0.250 e. The van der Waals surface area contributed by atoms with Crippen LogP contribution in [0.2, 0.25) is 5.15 Å². The van der Waals surface area contributed by atoms with E-state index in [1.807, 2.05) is 0 Å². The Morgan fingerprint density at radius 3 is 2.86 bits per heavy atom. The van der Waals surface area contributed by atoms with E-state index < -0.39 is 0 Å². The largest absolute Gasteiger partial charge is 0.291 e. The van der Waals surface area contributed by atoms with E-state index in [0.29, 0.717) is 10.8 Å². The minimum atomic E-state index is -0.269. The molecule has 0 spiro atoms. The number of allylic oxidation sites excluding steroid dienone is 1. The van der Waals surface area contributed by atoms with Crippen LogP contribution in [0.25, 0.3) is 0 Å². The first-order valence-corrected chi connectivity index (χ1v) is 4.44. The zero-order valence-electron chi connectivity index (χ0n) is 7.91. The third-order valence-corrected chi connectivity index (χ3v) is 1.57. The van der Waals surface area contributed by atoms with Gasteiger partial charge in [-0.05, 0) is 26.0 Å². The number of anilines is 1. The van der Waals surface area contributed by atoms with Gasteiger partial charge in [0.2, 0.25) is 11.9 Å². The summed E-state index contributed by atoms with van der Waals surface area (Å²) >= 11 is 5.69. The van der Waals surface area contributed by atoms with Gasteiger partial charge in [0.1, 0.15) is 5.15 Å². The molecule has 0 atom stereocenters. The zero-order chi connectivity index (χ0) is 10.6. The number of carbonyl (C=O) groups is 1. The minimum absolute atomic E-state index is 0.220. The van der Waals surface area contributed by atoms with Crippen molar-refractivity contribution in [2.45, 2.75) is 13.8 Å². The van der Waals surface area contributed by atoms with Crippen LogP contribution >= 0.6 is 11.6 Å². The number of nitrogens with one attached hydrogen (secondary N) is 1. The number of hydrogen-bond acceptors (Lipinski definition) is 3. The topological polar surface area (TPSA) is 54.9 Å². The highest BCUT2D eigenvalue weighted by Gasteiger charge is 2.02. The van der Waals surface area contributed by atoms with Crippen LogP contribution in [0.5, 0.6) is 0 Å². The van der Waals surface area contributed by atoms with Gasteiger partial charge in [-0.2, -0.15) is 0 Å². The molecule has 74 valence electrons. The van der Waals surface area contributed by atoms with E-state index in [0.717, 1.165) is 0 Å². The molecule has 0 bridgehead atoms. The van der Waals surface area contributed by atoms with Crippen molar-refractivity contribution < 1.29 is 4.79 Å². The zero-order valence-corrected chi connectivity index (χ0v) is 8.67. The summed E-state index contributed by atoms with van der Waals surface area (Å²) in [6.45, 7) is 3.53. The van der Waals surface area contributed by atoms with Gasteiger partial charge in [0.15, 0.2) is 0 Å². The third kappa shape index (κ3) is 3.14. The van der Waals surface area contributed by atoms with Crippen molar-refractivity contribution >= 4 is 23.5 Å². The van der Waals surface area contributed by atoms with Crippen molar-refractivity contribution in [2.24, 2.45) is 0 Å². The standard InChI is InChI=1S/C9H10ClN3O/c1-3-4-8(14)13-9-11-6(2)5-7(10)12-9/h3-5H,1-2H3,(H,11,12,13,14)/b4-3+. The molecule has 1 heterocycles. The van der Waals surface area contributed by atoms with E-state index >= 15 is 0 Å². The van der Waals surface area contributed by atoms with Gasteiger partial charge in [-0.25, -0.2) is 9.97 Å². The van der Waals surface area contributed by atoms with Crippen molar-refractivity contribution in [3.05, 3.63) is 29.1 Å². The van der Waals surface area contributed by atoms with Crippen LogP contribution in [0.3, 0.4) is 0 Å². The first-order valence-electron chi connectivity index (χ1n) is 4.06. The molecule has 0 saturated carbocycles. The molecule has 0 aliphatic heterocycles. The number of aryl methyl sites for hydroxylation is 1. The Balaban J connectivity index is 2.81. The SMILES string of the molecule is C/C=C/C(=O)Nc1nc(C)cc(Cl)n1. The maximum atomic E-state index is 11.1. The lowest BCUT2D eigenvalue weighted by atomic mass is 10.4. The molecule has 0 aliphatic rings. The molecule has 1 rings (SSSR count). The molecule has 0 unspecified atom stereocenters. The van der Waals surface area contributed by atoms with Gasteiger partial charge in [-0.1, -0.05) is 17.7 Å². The summed E-state index contributed by atoms with van der Waals surface area (Å²) in [6, 6.07) is 1.62. The van der Waals surface area contributed by atoms with Crippen molar-refractivity contribution in [1.29, 1.82) is 0 Å². The number of halogens is 1. The number of amides is 1. The summed E-state index contributed by atoms with van der Waals surface area (Å²) in [5, 5.41) is 2.81. The molecular formula is C9H10ClN3O. The summed E-state index contributed by atoms with van der Waals surface area (Å²) in [5.41, 5.74) is 0.709. The quantitative estimate of drug-likeness (QED) is 0.601. The highest BCUT2D eigenvalue weighted by Crippen LogP contribution is 2.09. The van der Waals surface area contributed by atoms with Crippen LogP contribution in [-0.4, -0.2) is 15.9 Å². The highest BCUT2D eigenvalue weighted by atomic mass is 35.5. The Morgan fingerprint density at radius 1 is 1.57 bits per heavy atom. The summed E-state index contributed by atoms with van der Waals surface area (Å²) in [5.74, 6) is -0.0488. The van der Waals surface area contributed by atoms with Gasteiger partial charge in [-0.15, -0.1) is 0 Å². The summed E-state index contributed by atoms with van der Waals surface area (Å²) in [7, 11) is 0. The number of hydrogen-bond donors (Lipinski definition) is 1. The molecule has 0 radical (unpaired) electrons. The normalized spacial score (nSPS) is 10.5. The van der Waals surface area contributed by atoms with Crippen LogP contribution in [0.4, 0.5) is 5.95 Å². The van der Waals surface area contributed by atoms with Gasteiger partial charge >= 0.3 is 0 Å². The van der Waals surface area contributed by atoms with Crippen LogP contribution in [0, 0.1) is 6.92 Å². The lowest BCUT2D eigenvalue weighted by Crippen LogP contribution is -2.11. The Labute approximate surface area is 87.0 Å². The fourth-order valence-corrected chi connectivity index (χ4v) is 1.13. The Kier molecular flexibility index (Phi) is 3.59. The molecule has 1 amide bonds. The minimum Gasteiger partial charge on any atom is -0.291 e. The fourth-order valence-electron chi connectivity index (χ4n) is 0.889. The first-order chi connectivity index (χ1) is 6.61. The van der Waals surface area contributed by atoms with Crippen LogP contribution < -0.4 is 5.32 Å². The van der Waals surface area contributed by atoms with Gasteiger partial charge < -0.3 is 0 Å². The predicted octanol–water partition coefficient (Wildman–Crippen LogP) is 1.95. The molecule has 4 nitrogen and oxygen atoms in total. The lowest BCUT2D eigenvalue weighted by molar-refractivity contribution is -0.111. The Bertz CT molecular complexity index is 356. The molecule has 0 saturated heterocycles. The predicted molar refractivity (Wildman–Crippen MR) is 55.2 cm³/mol. The van der Waals surface area contributed by atoms with E-state index in [1.165, 1.54) is 6.08 Å². The monoisotopic (exact) mass is 211 g/mol. The number of nitrogens with zero attached hydrogens (tertiary/aromatic N) is 2. The van der Waals surface area contributed by atoms with E-state index in [-0.39, 0.29) is 11.9 Å². The Hall–Kier alpha value is -1.42. The van der Waals surface area contributed by atoms with Crippen molar-refractivity contribution in [1.82, 2.24) is 9.97 Å². The van der Waals surface area contributed by atoms with Crippen LogP contribution in [0.1, 0.15) is 12.6 Å². The van der Waals surface area contributed by atoms with Crippen molar-refractivity contribution in [3.63, 3.8) is 0 Å². The second-order valence-corrected chi connectivity index (χ2v) is 3.03. The van der Waals surface area contributed by atoms with E-state index in [9.17, 15) is 4.79 Å². The van der Waals surface area contributed by atoms with Gasteiger partial charge in [-0.3, -0.25) is 10.1 Å². The van der Waals surface area contributed by atoms with Gasteiger partial charge in [0.25, 0.3) is 0 Å². The summed E-state index contributed by atoms with van der Waals surface area (Å²) in [4.78, 5) is 19.0. The molecule has 0 aliphatic carbocycles. The van der Waals surface area contributed by atoms with Crippen molar-refractivity contribution in [3.8, 4) is 0 Å². The molecular weight excluding hydrogens is 202 g/mol. The second kappa shape index (κ2) is 4.72. The maximum absolute atomic E-state index is 11.1. The molecule has 0 aromatic carbocycles. The lowest BCUT2D eigenvalue weighted by Gasteiger charge is -2.01. The van der Waals surface area contributed by atoms with Crippen LogP contribution in [0.15, 0.2) is 18.2 Å². The van der Waals surface area contributed by atoms with Crippen LogP contribution in [-0.2, 0) is 4.79 Å². The number of carbonyl (C=O) groups excluding carboxylic acids is 1. The summed E-state index contributed by atoms with van der Waals surface area (Å²) < 4.78 is 0. The molecule has 0 fully saturated rings. The average Bonchev–Trinajstić information content (AvgIpc) is 2.01. The summed E-state index contributed by atoms with van der Waals surface area (Å²) in [6.07, 6.45) is 3.02. The number of aromatic nitrogens is 2. The van der Waals surface area contributed by atoms with E-state index in [4.69, 9.17) is 11.6 Å². The highest BCUT2D eigenvalue weighted by molar-refractivity contribution is 6.29. The molecule has 1 N–H and O–H groups in total. The van der Waals surface area contributed by atoms with Gasteiger partial charge in [0, 0.05) is 5.69 Å². The van der Waals surface area contributed by atoms with Gasteiger partial charge in [0.05, 0.1) is 0 Å². The molecule has 1 aromatic heterocycles. The average molecular weight is 212 g/mol. The van der Waals surface area contributed by atoms with Crippen molar-refractivity contribution in [2.75, 3.05) is 5.32 Å². The second-order valence-electron chi connectivity index (χ2n) is 2.64. The molecule has 1 aromatic rings. The van der Waals surface area contributed by atoms with E-state index in [1.54, 1.807) is 26.0 Å².